The summed E-state index contributed by atoms with van der Waals surface area (Å²) in [5.41, 5.74) is 0. The summed E-state index contributed by atoms with van der Waals surface area (Å²) in [5, 5.41) is 12.9. The lowest BCUT2D eigenvalue weighted by Crippen LogP contribution is -2.69. The van der Waals surface area contributed by atoms with Gasteiger partial charge < -0.3 is 29.4 Å². The number of carbonyl (C=O) groups excluding carboxylic acids is 1. The number of carboxylic acids is 1. The van der Waals surface area contributed by atoms with Crippen LogP contribution in [-0.4, -0.2) is 144 Å². The summed E-state index contributed by atoms with van der Waals surface area (Å²) in [6, 6.07) is -2.26. The van der Waals surface area contributed by atoms with Gasteiger partial charge in [-0.2, -0.15) is 33.7 Å². The average molecular weight is 1380 g/mol. The molecule has 6 N–H and O–H groups in total. The van der Waals surface area contributed by atoms with Crippen molar-refractivity contribution in [2.24, 2.45) is 0 Å². The number of aliphatic carboxylic acids is 1. The molecule has 1 heterocycles. The molecule has 0 bridgehead atoms. The molecule has 28 heteroatoms. The van der Waals surface area contributed by atoms with Crippen LogP contribution in [-0.2, 0) is 86.9 Å². The molecule has 90 heavy (non-hydrogen) atoms. The van der Waals surface area contributed by atoms with Gasteiger partial charge in [-0.05, 0) is 12.8 Å². The van der Waals surface area contributed by atoms with E-state index in [1.807, 2.05) is 0 Å². The second-order valence-electron chi connectivity index (χ2n) is 24.6. The second-order valence-corrected chi connectivity index (χ2v) is 28.9. The smallest absolute Gasteiger partial charge is 0.397 e. The molecule has 1 rings (SSSR count). The van der Waals surface area contributed by atoms with Crippen LogP contribution < -0.4 is 5.32 Å². The Morgan fingerprint density at radius 3 is 1.12 bits per heavy atom. The van der Waals surface area contributed by atoms with Crippen LogP contribution in [0.3, 0.4) is 0 Å². The molecule has 7 atom stereocenters. The first-order valence-corrected chi connectivity index (χ1v) is 39.9. The van der Waals surface area contributed by atoms with Crippen LogP contribution in [0.1, 0.15) is 310 Å². The zero-order chi connectivity index (χ0) is 66.8. The third-order valence-corrected chi connectivity index (χ3v) is 18.2. The van der Waals surface area contributed by atoms with Gasteiger partial charge in [0.25, 0.3) is 5.79 Å². The fourth-order valence-electron chi connectivity index (χ4n) is 11.5. The van der Waals surface area contributed by atoms with Gasteiger partial charge in [-0.1, -0.05) is 284 Å². The van der Waals surface area contributed by atoms with Gasteiger partial charge in [0.05, 0.1) is 25.9 Å². The molecule has 0 aromatic heterocycles. The zero-order valence-corrected chi connectivity index (χ0v) is 58.3. The molecule has 0 spiro atoms. The molecule has 0 aromatic carbocycles. The number of hydrogen-bond acceptors (Lipinski definition) is 18. The molecule has 536 valence electrons. The molecular weight excluding hydrogens is 1250 g/mol. The molecular formula is C62H121NO23S4. The Kier molecular flexibility index (Phi) is 50.3. The van der Waals surface area contributed by atoms with Crippen LogP contribution in [0.25, 0.3) is 0 Å². The summed E-state index contributed by atoms with van der Waals surface area (Å²) in [7, 11) is -23.0. The van der Waals surface area contributed by atoms with Crippen molar-refractivity contribution >= 4 is 53.5 Å². The van der Waals surface area contributed by atoms with Gasteiger partial charge in [-0.15, -0.1) is 0 Å². The van der Waals surface area contributed by atoms with E-state index in [1.165, 1.54) is 212 Å². The molecule has 1 aliphatic rings. The SMILES string of the molecule is CCCCCCCCCCCCCCCCCCCCCCCCOC[C@H](CO[C@]1(C(=O)O)C[C@H](OS(=O)(=O)O)[C@@H](NC(C)=O)[C@H]([C@H](OS(=O)(=O)O)[C@@H](COS(=O)(=O)O)OS(=O)(=O)O)O1)OCCCCCCCCCCCCCCCCCCCCCCCC. The summed E-state index contributed by atoms with van der Waals surface area (Å²) in [6.07, 6.45) is 40.7. The minimum absolute atomic E-state index is 0.158. The topological polar surface area (TPSA) is 358 Å². The molecule has 1 aliphatic heterocycles. The number of hydrogen-bond donors (Lipinski definition) is 6. The van der Waals surface area contributed by atoms with E-state index in [0.29, 0.717) is 19.4 Å². The molecule has 1 saturated heterocycles. The lowest BCUT2D eigenvalue weighted by Gasteiger charge is -2.48. The average Bonchev–Trinajstić information content (AvgIpc) is 0.761. The lowest BCUT2D eigenvalue weighted by molar-refractivity contribution is -0.312. The van der Waals surface area contributed by atoms with Crippen molar-refractivity contribution in [3.8, 4) is 0 Å². The highest BCUT2D eigenvalue weighted by Crippen LogP contribution is 2.38. The van der Waals surface area contributed by atoms with E-state index in [9.17, 15) is 66.6 Å². The van der Waals surface area contributed by atoms with Crippen molar-refractivity contribution in [3.05, 3.63) is 0 Å². The quantitative estimate of drug-likeness (QED) is 0.0243. The summed E-state index contributed by atoms with van der Waals surface area (Å²) < 4.78 is 177. The third-order valence-electron chi connectivity index (χ3n) is 16.3. The van der Waals surface area contributed by atoms with Crippen molar-refractivity contribution in [2.75, 3.05) is 33.0 Å². The summed E-state index contributed by atoms with van der Waals surface area (Å²) in [4.78, 5) is 26.0. The maximum absolute atomic E-state index is 13.4. The molecule has 1 amide bonds. The van der Waals surface area contributed by atoms with Gasteiger partial charge in [0.15, 0.2) is 0 Å². The summed E-state index contributed by atoms with van der Waals surface area (Å²) in [5.74, 6) is -6.46. The fourth-order valence-corrected chi connectivity index (χ4v) is 13.3. The van der Waals surface area contributed by atoms with E-state index < -0.39 is 115 Å². The van der Waals surface area contributed by atoms with Crippen LogP contribution in [0.2, 0.25) is 0 Å². The van der Waals surface area contributed by atoms with E-state index in [-0.39, 0.29) is 13.2 Å². The number of unbranched alkanes of at least 4 members (excludes halogenated alkanes) is 42. The first kappa shape index (κ1) is 86.3. The van der Waals surface area contributed by atoms with Crippen molar-refractivity contribution in [1.29, 1.82) is 0 Å². The standard InChI is InChI=1S/C62H121NO23S4/c1-4-6-8-10-12-14-16-18-20-22-24-26-28-30-32-34-36-38-40-42-44-46-48-79-51-55(80-49-47-45-43-41-39-37-35-33-31-29-27-25-23-21-19-17-15-13-11-9-7-5-2)52-81-62(61(65)66)50-56(84-88(70,71)72)58(63-54(3)64)60(83-62)59(86-90(76,77)78)57(85-89(73,74)75)53-82-87(67,68)69/h55-60H,4-53H2,1-3H3,(H,63,64)(H,65,66)(H,67,68,69)(H,70,71,72)(H,73,74,75)(H,76,77,78)/t55-,56+,57-,58-,59-,60-,62-/m1/s1. The number of amides is 1. The van der Waals surface area contributed by atoms with E-state index >= 15 is 0 Å². The highest BCUT2D eigenvalue weighted by molar-refractivity contribution is 7.81. The van der Waals surface area contributed by atoms with E-state index in [1.54, 1.807) is 0 Å². The van der Waals surface area contributed by atoms with Gasteiger partial charge in [0, 0.05) is 26.6 Å². The molecule has 0 saturated carbocycles. The Labute approximate surface area is 543 Å². The first-order chi connectivity index (χ1) is 42.8. The van der Waals surface area contributed by atoms with Gasteiger partial charge in [-0.3, -0.25) is 23.0 Å². The molecule has 0 unspecified atom stereocenters. The largest absolute Gasteiger partial charge is 0.477 e. The molecule has 0 aliphatic carbocycles. The summed E-state index contributed by atoms with van der Waals surface area (Å²) in [6.45, 7) is 3.07. The predicted molar refractivity (Wildman–Crippen MR) is 345 cm³/mol. The highest BCUT2D eigenvalue weighted by Gasteiger charge is 2.59. The number of carboxylic acid groups (broad SMARTS) is 1. The first-order valence-electron chi connectivity index (χ1n) is 34.4. The highest BCUT2D eigenvalue weighted by atomic mass is 32.3. The van der Waals surface area contributed by atoms with Crippen LogP contribution in [0, 0.1) is 0 Å². The van der Waals surface area contributed by atoms with E-state index in [2.05, 4.69) is 31.7 Å². The minimum atomic E-state index is -5.93. The van der Waals surface area contributed by atoms with E-state index in [4.69, 9.17) is 23.1 Å². The monoisotopic (exact) mass is 1380 g/mol. The van der Waals surface area contributed by atoms with Crippen LogP contribution >= 0.6 is 0 Å². The van der Waals surface area contributed by atoms with Gasteiger partial charge >= 0.3 is 47.6 Å². The number of ether oxygens (including phenoxy) is 4. The maximum Gasteiger partial charge on any atom is 0.397 e. The summed E-state index contributed by atoms with van der Waals surface area (Å²) >= 11 is 0. The maximum atomic E-state index is 13.4. The van der Waals surface area contributed by atoms with Crippen molar-refractivity contribution in [3.63, 3.8) is 0 Å². The van der Waals surface area contributed by atoms with E-state index in [0.717, 1.165) is 64.7 Å². The minimum Gasteiger partial charge on any atom is -0.477 e. The fraction of sp³-hybridized carbons (Fsp3) is 0.968. The number of carbonyl (C=O) groups is 2. The van der Waals surface area contributed by atoms with Crippen molar-refractivity contribution in [1.82, 2.24) is 5.32 Å². The molecule has 0 aromatic rings. The zero-order valence-electron chi connectivity index (χ0n) is 55.0. The second kappa shape index (κ2) is 52.5. The van der Waals surface area contributed by atoms with Gasteiger partial charge in [0.1, 0.15) is 30.5 Å². The number of nitrogens with one attached hydrogen (secondary N) is 1. The van der Waals surface area contributed by atoms with Gasteiger partial charge in [-0.25, -0.2) is 21.5 Å². The Morgan fingerprint density at radius 1 is 0.467 bits per heavy atom. The van der Waals surface area contributed by atoms with Crippen LogP contribution in [0.5, 0.6) is 0 Å². The Hall–Kier alpha value is -1.74. The van der Waals surface area contributed by atoms with Crippen molar-refractivity contribution in [2.45, 2.75) is 352 Å². The van der Waals surface area contributed by atoms with Crippen LogP contribution in [0.4, 0.5) is 0 Å². The molecule has 0 radical (unpaired) electrons. The predicted octanol–water partition coefficient (Wildman–Crippen LogP) is 14.1. The number of rotatable bonds is 65. The van der Waals surface area contributed by atoms with Crippen molar-refractivity contribution < 1.29 is 102 Å². The third kappa shape index (κ3) is 49.8. The Balaban J connectivity index is 2.98. The lowest BCUT2D eigenvalue weighted by atomic mass is 9.88. The Bertz CT molecular complexity index is 2250. The Morgan fingerprint density at radius 2 is 0.811 bits per heavy atom. The van der Waals surface area contributed by atoms with Gasteiger partial charge in [0.2, 0.25) is 5.91 Å². The molecule has 24 nitrogen and oxygen atoms in total. The molecule has 1 fully saturated rings. The van der Waals surface area contributed by atoms with Crippen LogP contribution in [0.15, 0.2) is 0 Å². The normalized spacial score (nSPS) is 18.6.